The molecule has 0 spiro atoms. The molecule has 0 unspecified atom stereocenters. The summed E-state index contributed by atoms with van der Waals surface area (Å²) in [4.78, 5) is 10.9. The largest absolute Gasteiger partial charge is 0.356 e. The second-order valence-corrected chi connectivity index (χ2v) is 5.72. The highest BCUT2D eigenvalue weighted by atomic mass is 32.1. The first kappa shape index (κ1) is 14.5. The zero-order valence-corrected chi connectivity index (χ0v) is 12.8. The van der Waals surface area contributed by atoms with Crippen molar-refractivity contribution in [3.05, 3.63) is 33.6 Å². The number of nitrogens with zero attached hydrogens (tertiary/aromatic N) is 3. The third-order valence-corrected chi connectivity index (χ3v) is 3.65. The molecule has 6 nitrogen and oxygen atoms in total. The first-order valence-corrected chi connectivity index (χ1v) is 7.28. The molecule has 2 aromatic heterocycles. The highest BCUT2D eigenvalue weighted by molar-refractivity contribution is 7.11. The van der Waals surface area contributed by atoms with Crippen molar-refractivity contribution in [1.82, 2.24) is 20.8 Å². The second-order valence-electron chi connectivity index (χ2n) is 4.35. The summed E-state index contributed by atoms with van der Waals surface area (Å²) in [5, 5.41) is 10.2. The lowest BCUT2D eigenvalue weighted by Gasteiger charge is -2.10. The van der Waals surface area contributed by atoms with Crippen LogP contribution in [0.4, 0.5) is 0 Å². The van der Waals surface area contributed by atoms with E-state index in [0.717, 1.165) is 12.5 Å². The van der Waals surface area contributed by atoms with Gasteiger partial charge in [-0.25, -0.2) is 0 Å². The van der Waals surface area contributed by atoms with Crippen LogP contribution in [0.2, 0.25) is 0 Å². The van der Waals surface area contributed by atoms with E-state index in [1.54, 1.807) is 18.4 Å². The van der Waals surface area contributed by atoms with Gasteiger partial charge in [-0.3, -0.25) is 4.99 Å². The summed E-state index contributed by atoms with van der Waals surface area (Å²) >= 11 is 1.79. The molecule has 2 rings (SSSR count). The normalized spacial score (nSPS) is 11.7. The van der Waals surface area contributed by atoms with Gasteiger partial charge in [0.15, 0.2) is 11.8 Å². The van der Waals surface area contributed by atoms with Crippen LogP contribution in [0, 0.1) is 13.8 Å². The molecule has 0 bridgehead atoms. The van der Waals surface area contributed by atoms with Crippen LogP contribution in [-0.4, -0.2) is 29.7 Å². The van der Waals surface area contributed by atoms with Crippen LogP contribution in [0.15, 0.2) is 21.6 Å². The Morgan fingerprint density at radius 3 is 2.80 bits per heavy atom. The van der Waals surface area contributed by atoms with Gasteiger partial charge >= 0.3 is 0 Å². The Morgan fingerprint density at radius 1 is 1.35 bits per heavy atom. The van der Waals surface area contributed by atoms with E-state index in [1.165, 1.54) is 9.75 Å². The Balaban J connectivity index is 1.72. The molecule has 2 heterocycles. The number of rotatable bonds is 5. The third kappa shape index (κ3) is 4.34. The molecule has 0 fully saturated rings. The van der Waals surface area contributed by atoms with Gasteiger partial charge in [0, 0.05) is 29.8 Å². The summed E-state index contributed by atoms with van der Waals surface area (Å²) in [5.41, 5.74) is 0. The molecule has 2 aromatic rings. The third-order valence-electron chi connectivity index (χ3n) is 2.65. The van der Waals surface area contributed by atoms with E-state index in [0.29, 0.717) is 24.7 Å². The van der Waals surface area contributed by atoms with Crippen LogP contribution in [0.5, 0.6) is 0 Å². The van der Waals surface area contributed by atoms with Crippen LogP contribution in [0.3, 0.4) is 0 Å². The van der Waals surface area contributed by atoms with E-state index >= 15 is 0 Å². The minimum Gasteiger partial charge on any atom is -0.356 e. The average Bonchev–Trinajstić information content (AvgIpc) is 3.02. The molecule has 0 aliphatic rings. The van der Waals surface area contributed by atoms with Crippen LogP contribution < -0.4 is 10.6 Å². The summed E-state index contributed by atoms with van der Waals surface area (Å²) in [6, 6.07) is 4.25. The molecule has 7 heteroatoms. The van der Waals surface area contributed by atoms with Gasteiger partial charge in [0.2, 0.25) is 5.89 Å². The van der Waals surface area contributed by atoms with Gasteiger partial charge < -0.3 is 15.2 Å². The predicted octanol–water partition coefficient (Wildman–Crippen LogP) is 1.66. The quantitative estimate of drug-likeness (QED) is 0.647. The molecule has 0 saturated carbocycles. The van der Waals surface area contributed by atoms with Crippen molar-refractivity contribution in [2.24, 2.45) is 4.99 Å². The van der Waals surface area contributed by atoms with Gasteiger partial charge in [-0.05, 0) is 26.0 Å². The number of aryl methyl sites for hydroxylation is 2. The molecule has 0 amide bonds. The van der Waals surface area contributed by atoms with Crippen LogP contribution in [-0.2, 0) is 13.0 Å². The maximum atomic E-state index is 5.05. The number of aromatic nitrogens is 2. The Labute approximate surface area is 122 Å². The van der Waals surface area contributed by atoms with Crippen LogP contribution in [0.25, 0.3) is 0 Å². The standard InChI is InChI=1S/C13H19N5OS/c1-9-4-5-11(20-9)8-16-13(14-3)15-7-6-12-17-10(2)18-19-12/h4-5H,6-8H2,1-3H3,(H2,14,15,16). The van der Waals surface area contributed by atoms with E-state index in [2.05, 4.69) is 44.8 Å². The smallest absolute Gasteiger partial charge is 0.228 e. The minimum atomic E-state index is 0.638. The highest BCUT2D eigenvalue weighted by Gasteiger charge is 2.04. The fourth-order valence-electron chi connectivity index (χ4n) is 1.70. The first-order valence-electron chi connectivity index (χ1n) is 6.46. The Hall–Kier alpha value is -1.89. The summed E-state index contributed by atoms with van der Waals surface area (Å²) in [6.07, 6.45) is 0.680. The molecule has 0 aliphatic carbocycles. The molecule has 0 atom stereocenters. The number of aliphatic imine (C=N–C) groups is 1. The van der Waals surface area contributed by atoms with E-state index < -0.39 is 0 Å². The Kier molecular flexibility index (Phi) is 5.11. The van der Waals surface area contributed by atoms with Crippen molar-refractivity contribution in [2.45, 2.75) is 26.8 Å². The molecule has 20 heavy (non-hydrogen) atoms. The number of guanidine groups is 1. The van der Waals surface area contributed by atoms with Gasteiger partial charge in [-0.1, -0.05) is 5.16 Å². The van der Waals surface area contributed by atoms with Gasteiger partial charge in [-0.15, -0.1) is 11.3 Å². The van der Waals surface area contributed by atoms with Crippen molar-refractivity contribution < 1.29 is 4.52 Å². The van der Waals surface area contributed by atoms with Crippen molar-refractivity contribution in [2.75, 3.05) is 13.6 Å². The average molecular weight is 293 g/mol. The summed E-state index contributed by atoms with van der Waals surface area (Å²) in [5.74, 6) is 2.07. The number of hydrogen-bond acceptors (Lipinski definition) is 5. The maximum absolute atomic E-state index is 5.05. The fraction of sp³-hybridized carbons (Fsp3) is 0.462. The van der Waals surface area contributed by atoms with E-state index in [9.17, 15) is 0 Å². The lowest BCUT2D eigenvalue weighted by atomic mass is 10.4. The fourth-order valence-corrected chi connectivity index (χ4v) is 2.53. The highest BCUT2D eigenvalue weighted by Crippen LogP contribution is 2.14. The van der Waals surface area contributed by atoms with E-state index in [4.69, 9.17) is 4.52 Å². The van der Waals surface area contributed by atoms with Crippen molar-refractivity contribution in [1.29, 1.82) is 0 Å². The molecule has 108 valence electrons. The maximum Gasteiger partial charge on any atom is 0.228 e. The Bertz CT molecular complexity index is 575. The monoisotopic (exact) mass is 293 g/mol. The first-order chi connectivity index (χ1) is 9.67. The van der Waals surface area contributed by atoms with Gasteiger partial charge in [0.1, 0.15) is 0 Å². The Morgan fingerprint density at radius 2 is 2.20 bits per heavy atom. The van der Waals surface area contributed by atoms with Crippen molar-refractivity contribution >= 4 is 17.3 Å². The number of nitrogens with one attached hydrogen (secondary N) is 2. The van der Waals surface area contributed by atoms with Gasteiger partial charge in [-0.2, -0.15) is 4.98 Å². The molecular weight excluding hydrogens is 274 g/mol. The summed E-state index contributed by atoms with van der Waals surface area (Å²) in [6.45, 7) is 5.39. The lowest BCUT2D eigenvalue weighted by Crippen LogP contribution is -2.37. The second kappa shape index (κ2) is 7.04. The predicted molar refractivity (Wildman–Crippen MR) is 80.0 cm³/mol. The van der Waals surface area contributed by atoms with E-state index in [-0.39, 0.29) is 0 Å². The topological polar surface area (TPSA) is 75.3 Å². The molecule has 0 saturated heterocycles. The zero-order valence-electron chi connectivity index (χ0n) is 11.9. The van der Waals surface area contributed by atoms with Crippen LogP contribution >= 0.6 is 11.3 Å². The molecule has 2 N–H and O–H groups in total. The van der Waals surface area contributed by atoms with Crippen molar-refractivity contribution in [3.63, 3.8) is 0 Å². The SMILES string of the molecule is CN=C(NCCc1nc(C)no1)NCc1ccc(C)s1. The molecule has 0 aromatic carbocycles. The molecular formula is C13H19N5OS. The lowest BCUT2D eigenvalue weighted by molar-refractivity contribution is 0.374. The van der Waals surface area contributed by atoms with E-state index in [1.807, 2.05) is 6.92 Å². The number of thiophene rings is 1. The number of hydrogen-bond donors (Lipinski definition) is 2. The van der Waals surface area contributed by atoms with Gasteiger partial charge in [0.25, 0.3) is 0 Å². The minimum absolute atomic E-state index is 0.638. The zero-order chi connectivity index (χ0) is 14.4. The molecule has 0 aliphatic heterocycles. The summed E-state index contributed by atoms with van der Waals surface area (Å²) < 4.78 is 5.05. The van der Waals surface area contributed by atoms with Crippen LogP contribution in [0.1, 0.15) is 21.5 Å². The van der Waals surface area contributed by atoms with Crippen molar-refractivity contribution in [3.8, 4) is 0 Å². The van der Waals surface area contributed by atoms with Gasteiger partial charge in [0.05, 0.1) is 6.54 Å². The summed E-state index contributed by atoms with van der Waals surface area (Å²) in [7, 11) is 1.76. The molecule has 0 radical (unpaired) electrons.